The molecule has 0 aliphatic heterocycles. The molecule has 1 saturated carbocycles. The van der Waals surface area contributed by atoms with E-state index in [1.165, 1.54) is 0 Å². The molecule has 3 rings (SSSR count). The van der Waals surface area contributed by atoms with E-state index in [-0.39, 0.29) is 11.5 Å². The lowest BCUT2D eigenvalue weighted by molar-refractivity contribution is -0.156. The number of aromatic nitrogens is 1. The zero-order valence-electron chi connectivity index (χ0n) is 14.0. The molecule has 0 saturated heterocycles. The molecular formula is C18H21NO4S. The molecule has 1 fully saturated rings. The molecule has 1 N–H and O–H groups in total. The van der Waals surface area contributed by atoms with Gasteiger partial charge in [-0.05, 0) is 57.7 Å². The van der Waals surface area contributed by atoms with Crippen LogP contribution in [0.15, 0.2) is 18.2 Å². The summed E-state index contributed by atoms with van der Waals surface area (Å²) in [6, 6.07) is 5.02. The van der Waals surface area contributed by atoms with Gasteiger partial charge in [-0.15, -0.1) is 11.3 Å². The number of hydrogen-bond acceptors (Lipinski definition) is 5. The fraction of sp³-hybridized carbons (Fsp3) is 0.500. The maximum atomic E-state index is 11.9. The van der Waals surface area contributed by atoms with Gasteiger partial charge in [-0.2, -0.15) is 0 Å². The number of ether oxygens (including phenoxy) is 1. The second kappa shape index (κ2) is 6.16. The number of carbonyl (C=O) groups excluding carboxylic acids is 1. The Morgan fingerprint density at radius 2 is 2.04 bits per heavy atom. The fourth-order valence-electron chi connectivity index (χ4n) is 2.97. The number of carboxylic acids is 1. The van der Waals surface area contributed by atoms with Crippen LogP contribution in [0.3, 0.4) is 0 Å². The molecule has 1 aliphatic carbocycles. The number of thiazole rings is 1. The van der Waals surface area contributed by atoms with Gasteiger partial charge in [0.15, 0.2) is 0 Å². The topological polar surface area (TPSA) is 76.5 Å². The third-order valence-corrected chi connectivity index (χ3v) is 5.29. The van der Waals surface area contributed by atoms with Crippen LogP contribution in [-0.4, -0.2) is 27.6 Å². The molecule has 128 valence electrons. The first-order valence-corrected chi connectivity index (χ1v) is 8.88. The molecule has 0 atom stereocenters. The lowest BCUT2D eigenvalue weighted by atomic mass is 9.73. The Morgan fingerprint density at radius 1 is 1.33 bits per heavy atom. The molecule has 24 heavy (non-hydrogen) atoms. The number of rotatable bonds is 4. The highest BCUT2D eigenvalue weighted by Crippen LogP contribution is 2.45. The lowest BCUT2D eigenvalue weighted by Gasteiger charge is -2.34. The summed E-state index contributed by atoms with van der Waals surface area (Å²) >= 11 is 1.55. The van der Waals surface area contributed by atoms with Gasteiger partial charge in [0, 0.05) is 12.3 Å². The Hall–Kier alpha value is -1.95. The number of carbonyl (C=O) groups is 2. The average Bonchev–Trinajstić information content (AvgIpc) is 2.82. The van der Waals surface area contributed by atoms with Gasteiger partial charge in [-0.3, -0.25) is 4.79 Å². The smallest absolute Gasteiger partial charge is 0.335 e. The van der Waals surface area contributed by atoms with Gasteiger partial charge >= 0.3 is 11.9 Å². The summed E-state index contributed by atoms with van der Waals surface area (Å²) in [5, 5.41) is 10.1. The van der Waals surface area contributed by atoms with Crippen molar-refractivity contribution in [2.24, 2.45) is 5.92 Å². The quantitative estimate of drug-likeness (QED) is 0.838. The van der Waals surface area contributed by atoms with E-state index in [9.17, 15) is 9.59 Å². The third kappa shape index (κ3) is 3.75. The molecule has 0 radical (unpaired) electrons. The lowest BCUT2D eigenvalue weighted by Crippen LogP contribution is -2.29. The van der Waals surface area contributed by atoms with E-state index in [4.69, 9.17) is 9.84 Å². The monoisotopic (exact) mass is 347 g/mol. The van der Waals surface area contributed by atoms with E-state index in [0.29, 0.717) is 18.3 Å². The van der Waals surface area contributed by atoms with E-state index in [1.54, 1.807) is 29.5 Å². The fourth-order valence-corrected chi connectivity index (χ4v) is 4.11. The summed E-state index contributed by atoms with van der Waals surface area (Å²) in [5.41, 5.74) is 0.694. The summed E-state index contributed by atoms with van der Waals surface area (Å²) in [6.07, 6.45) is 2.33. The Morgan fingerprint density at radius 3 is 2.67 bits per heavy atom. The van der Waals surface area contributed by atoms with Crippen molar-refractivity contribution in [1.29, 1.82) is 0 Å². The maximum Gasteiger partial charge on any atom is 0.335 e. The molecule has 0 unspecified atom stereocenters. The SMILES string of the molecule is CC(C)(C)OC(=O)CC1CC(c2nc3ccc(C(=O)O)cc3s2)C1. The van der Waals surface area contributed by atoms with E-state index in [2.05, 4.69) is 4.98 Å². The summed E-state index contributed by atoms with van der Waals surface area (Å²) in [6.45, 7) is 5.63. The standard InChI is InChI=1S/C18H21NO4S/c1-18(2,3)23-15(20)8-10-6-12(7-10)16-19-13-5-4-11(17(21)22)9-14(13)24-16/h4-5,9-10,12H,6-8H2,1-3H3,(H,21,22). The molecule has 5 nitrogen and oxygen atoms in total. The number of carboxylic acid groups (broad SMARTS) is 1. The molecule has 1 aromatic heterocycles. The summed E-state index contributed by atoms with van der Waals surface area (Å²) in [7, 11) is 0. The molecule has 1 aliphatic rings. The molecule has 1 heterocycles. The van der Waals surface area contributed by atoms with Gasteiger partial charge in [-0.1, -0.05) is 0 Å². The van der Waals surface area contributed by atoms with Crippen molar-refractivity contribution in [1.82, 2.24) is 4.98 Å². The highest BCUT2D eigenvalue weighted by Gasteiger charge is 2.34. The molecule has 0 amide bonds. The van der Waals surface area contributed by atoms with Crippen LogP contribution in [0.1, 0.15) is 61.3 Å². The van der Waals surface area contributed by atoms with Crippen molar-refractivity contribution in [3.63, 3.8) is 0 Å². The first-order chi connectivity index (χ1) is 11.2. The molecular weight excluding hydrogens is 326 g/mol. The highest BCUT2D eigenvalue weighted by molar-refractivity contribution is 7.18. The third-order valence-electron chi connectivity index (χ3n) is 4.11. The second-order valence-electron chi connectivity index (χ2n) is 7.36. The van der Waals surface area contributed by atoms with Gasteiger partial charge in [0.1, 0.15) is 5.60 Å². The average molecular weight is 347 g/mol. The largest absolute Gasteiger partial charge is 0.478 e. The van der Waals surface area contributed by atoms with Crippen molar-refractivity contribution < 1.29 is 19.4 Å². The minimum absolute atomic E-state index is 0.138. The Kier molecular flexibility index (Phi) is 4.34. The van der Waals surface area contributed by atoms with E-state index < -0.39 is 11.6 Å². The number of hydrogen-bond donors (Lipinski definition) is 1. The number of nitrogens with zero attached hydrogens (tertiary/aromatic N) is 1. The van der Waals surface area contributed by atoms with E-state index in [1.807, 2.05) is 20.8 Å². The first-order valence-electron chi connectivity index (χ1n) is 8.07. The number of esters is 1. The van der Waals surface area contributed by atoms with Crippen molar-refractivity contribution in [3.8, 4) is 0 Å². The molecule has 0 spiro atoms. The zero-order chi connectivity index (χ0) is 17.5. The predicted octanol–water partition coefficient (Wildman–Crippen LogP) is 4.22. The van der Waals surface area contributed by atoms with Crippen LogP contribution in [0.4, 0.5) is 0 Å². The van der Waals surface area contributed by atoms with Gasteiger partial charge in [0.2, 0.25) is 0 Å². The first kappa shape index (κ1) is 16.9. The second-order valence-corrected chi connectivity index (χ2v) is 8.43. The van der Waals surface area contributed by atoms with Crippen LogP contribution < -0.4 is 0 Å². The van der Waals surface area contributed by atoms with Crippen molar-refractivity contribution >= 4 is 33.5 Å². The minimum Gasteiger partial charge on any atom is -0.478 e. The number of aromatic carboxylic acids is 1. The van der Waals surface area contributed by atoms with Crippen molar-refractivity contribution in [2.45, 2.75) is 51.6 Å². The maximum absolute atomic E-state index is 11.9. The van der Waals surface area contributed by atoms with Crippen LogP contribution >= 0.6 is 11.3 Å². The summed E-state index contributed by atoms with van der Waals surface area (Å²) in [4.78, 5) is 27.5. The number of benzene rings is 1. The normalized spacial score (nSPS) is 20.6. The van der Waals surface area contributed by atoms with Gasteiger partial charge in [0.25, 0.3) is 0 Å². The number of fused-ring (bicyclic) bond motifs is 1. The predicted molar refractivity (Wildman–Crippen MR) is 92.5 cm³/mol. The van der Waals surface area contributed by atoms with E-state index >= 15 is 0 Å². The molecule has 2 aromatic rings. The molecule has 6 heteroatoms. The zero-order valence-corrected chi connectivity index (χ0v) is 14.9. The molecule has 1 aromatic carbocycles. The van der Waals surface area contributed by atoms with Crippen LogP contribution in [0, 0.1) is 5.92 Å². The van der Waals surface area contributed by atoms with Crippen LogP contribution in [-0.2, 0) is 9.53 Å². The van der Waals surface area contributed by atoms with Gasteiger partial charge in [-0.25, -0.2) is 9.78 Å². The van der Waals surface area contributed by atoms with E-state index in [0.717, 1.165) is 28.1 Å². The van der Waals surface area contributed by atoms with Crippen molar-refractivity contribution in [2.75, 3.05) is 0 Å². The summed E-state index contributed by atoms with van der Waals surface area (Å²) < 4.78 is 6.26. The minimum atomic E-state index is -0.923. The Balaban J connectivity index is 1.60. The van der Waals surface area contributed by atoms with Crippen LogP contribution in [0.5, 0.6) is 0 Å². The Labute approximate surface area is 144 Å². The van der Waals surface area contributed by atoms with Gasteiger partial charge in [0.05, 0.1) is 20.8 Å². The molecule has 0 bridgehead atoms. The van der Waals surface area contributed by atoms with Crippen LogP contribution in [0.25, 0.3) is 10.2 Å². The van der Waals surface area contributed by atoms with Crippen LogP contribution in [0.2, 0.25) is 0 Å². The van der Waals surface area contributed by atoms with Crippen molar-refractivity contribution in [3.05, 3.63) is 28.8 Å². The highest BCUT2D eigenvalue weighted by atomic mass is 32.1. The Bertz CT molecular complexity index is 784. The van der Waals surface area contributed by atoms with Gasteiger partial charge < -0.3 is 9.84 Å². The summed E-state index contributed by atoms with van der Waals surface area (Å²) in [5.74, 6) is -0.344.